The Balaban J connectivity index is 1.63. The number of piperazine rings is 1. The number of carbonyl (C=O) groups is 1. The van der Waals surface area contributed by atoms with Gasteiger partial charge in [0.1, 0.15) is 6.04 Å². The Labute approximate surface area is 152 Å². The van der Waals surface area contributed by atoms with Crippen molar-refractivity contribution in [1.29, 1.82) is 0 Å². The molecule has 1 amide bonds. The number of amides is 1. The van der Waals surface area contributed by atoms with E-state index in [0.717, 1.165) is 0 Å². The van der Waals surface area contributed by atoms with Gasteiger partial charge in [0.15, 0.2) is 0 Å². The molecule has 1 aromatic carbocycles. The highest BCUT2D eigenvalue weighted by molar-refractivity contribution is 7.89. The molecule has 25 heavy (non-hydrogen) atoms. The van der Waals surface area contributed by atoms with Gasteiger partial charge in [0.05, 0.1) is 17.6 Å². The Hall–Kier alpha value is -1.19. The summed E-state index contributed by atoms with van der Waals surface area (Å²) in [7, 11) is -3.57. The minimum atomic E-state index is -3.57. The molecule has 1 aromatic rings. The van der Waals surface area contributed by atoms with Crippen LogP contribution in [0, 0.1) is 0 Å². The van der Waals surface area contributed by atoms with Crippen molar-refractivity contribution in [2.45, 2.75) is 24.0 Å². The van der Waals surface area contributed by atoms with Gasteiger partial charge in [-0.25, -0.2) is 8.42 Å². The Bertz CT molecular complexity index is 717. The van der Waals surface area contributed by atoms with E-state index in [-0.39, 0.29) is 36.0 Å². The van der Waals surface area contributed by atoms with Crippen LogP contribution in [0.4, 0.5) is 0 Å². The maximum atomic E-state index is 12.7. The van der Waals surface area contributed by atoms with E-state index >= 15 is 0 Å². The molecule has 9 heteroatoms. The number of ether oxygens (including phenoxy) is 1. The van der Waals surface area contributed by atoms with Crippen molar-refractivity contribution in [1.82, 2.24) is 14.5 Å². The molecule has 0 bridgehead atoms. The molecule has 0 saturated carbocycles. The summed E-state index contributed by atoms with van der Waals surface area (Å²) in [6.45, 7) is 4.41. The number of halogens is 1. The second-order valence-corrected chi connectivity index (χ2v) is 8.57. The van der Waals surface area contributed by atoms with E-state index in [9.17, 15) is 13.2 Å². The minimum Gasteiger partial charge on any atom is -0.375 e. The van der Waals surface area contributed by atoms with Gasteiger partial charge in [-0.05, 0) is 31.2 Å². The average molecular weight is 388 g/mol. The standard InChI is InChI=1S/C16H22ClN3O4S/c1-12-15(18-6-11-24-12)16(21)19-7-9-20(10-8-19)25(22,23)14-4-2-13(17)3-5-14/h2-5,12,15,18H,6-11H2,1H3/t12-,15+/m1/s1. The van der Waals surface area contributed by atoms with E-state index in [0.29, 0.717) is 31.3 Å². The number of nitrogens with one attached hydrogen (secondary N) is 1. The van der Waals surface area contributed by atoms with Crippen LogP contribution < -0.4 is 5.32 Å². The largest absolute Gasteiger partial charge is 0.375 e. The van der Waals surface area contributed by atoms with E-state index < -0.39 is 10.0 Å². The minimum absolute atomic E-state index is 0.0317. The molecule has 2 atom stereocenters. The highest BCUT2D eigenvalue weighted by Gasteiger charge is 2.35. The van der Waals surface area contributed by atoms with Crippen LogP contribution in [0.15, 0.2) is 29.2 Å². The van der Waals surface area contributed by atoms with Crippen molar-refractivity contribution in [3.8, 4) is 0 Å². The van der Waals surface area contributed by atoms with E-state index in [1.807, 2.05) is 6.92 Å². The molecule has 2 aliphatic heterocycles. The number of nitrogens with zero attached hydrogens (tertiary/aromatic N) is 2. The van der Waals surface area contributed by atoms with Gasteiger partial charge in [0, 0.05) is 37.7 Å². The maximum absolute atomic E-state index is 12.7. The summed E-state index contributed by atoms with van der Waals surface area (Å²) in [5.74, 6) is -0.0317. The van der Waals surface area contributed by atoms with Crippen LogP contribution in [0.3, 0.4) is 0 Å². The molecular weight excluding hydrogens is 366 g/mol. The lowest BCUT2D eigenvalue weighted by molar-refractivity contribution is -0.140. The fourth-order valence-corrected chi connectivity index (χ4v) is 4.66. The zero-order valence-electron chi connectivity index (χ0n) is 14.0. The zero-order chi connectivity index (χ0) is 18.0. The monoisotopic (exact) mass is 387 g/mol. The molecule has 2 saturated heterocycles. The summed E-state index contributed by atoms with van der Waals surface area (Å²) in [5, 5.41) is 3.67. The van der Waals surface area contributed by atoms with Gasteiger partial charge in [-0.1, -0.05) is 11.6 Å². The third-order valence-corrected chi connectivity index (χ3v) is 6.75. The number of sulfonamides is 1. The second-order valence-electron chi connectivity index (χ2n) is 6.19. The first kappa shape index (κ1) is 18.6. The average Bonchev–Trinajstić information content (AvgIpc) is 2.62. The predicted octanol–water partition coefficient (Wildman–Crippen LogP) is 0.550. The van der Waals surface area contributed by atoms with E-state index in [4.69, 9.17) is 16.3 Å². The number of hydrogen-bond acceptors (Lipinski definition) is 5. The van der Waals surface area contributed by atoms with Gasteiger partial charge in [0.25, 0.3) is 0 Å². The van der Waals surface area contributed by atoms with Crippen molar-refractivity contribution in [3.05, 3.63) is 29.3 Å². The normalized spacial score (nSPS) is 25.8. The first-order valence-corrected chi connectivity index (χ1v) is 10.1. The smallest absolute Gasteiger partial charge is 0.243 e. The van der Waals surface area contributed by atoms with Crippen LogP contribution in [-0.4, -0.2) is 75.0 Å². The van der Waals surface area contributed by atoms with E-state index in [1.165, 1.54) is 16.4 Å². The van der Waals surface area contributed by atoms with E-state index in [1.54, 1.807) is 17.0 Å². The molecule has 2 heterocycles. The first-order valence-electron chi connectivity index (χ1n) is 8.29. The number of benzene rings is 1. The Morgan fingerprint density at radius 2 is 1.84 bits per heavy atom. The summed E-state index contributed by atoms with van der Waals surface area (Å²) in [6.07, 6.45) is -0.183. The van der Waals surface area contributed by atoms with Crippen molar-refractivity contribution >= 4 is 27.5 Å². The van der Waals surface area contributed by atoms with Crippen LogP contribution >= 0.6 is 11.6 Å². The number of hydrogen-bond donors (Lipinski definition) is 1. The van der Waals surface area contributed by atoms with Gasteiger partial charge in [-0.15, -0.1) is 0 Å². The van der Waals surface area contributed by atoms with Crippen LogP contribution in [0.1, 0.15) is 6.92 Å². The summed E-state index contributed by atoms with van der Waals surface area (Å²) in [4.78, 5) is 14.5. The third kappa shape index (κ3) is 3.98. The molecule has 3 rings (SSSR count). The molecule has 0 aromatic heterocycles. The molecule has 0 aliphatic carbocycles. The van der Waals surface area contributed by atoms with Gasteiger partial charge in [-0.2, -0.15) is 4.31 Å². The van der Waals surface area contributed by atoms with Crippen molar-refractivity contribution in [2.75, 3.05) is 39.3 Å². The summed E-state index contributed by atoms with van der Waals surface area (Å²) < 4.78 is 32.3. The Morgan fingerprint density at radius 3 is 2.44 bits per heavy atom. The van der Waals surface area contributed by atoms with Crippen molar-refractivity contribution < 1.29 is 17.9 Å². The second kappa shape index (κ2) is 7.59. The number of rotatable bonds is 3. The highest BCUT2D eigenvalue weighted by Crippen LogP contribution is 2.20. The van der Waals surface area contributed by atoms with Gasteiger partial charge in [0.2, 0.25) is 15.9 Å². The van der Waals surface area contributed by atoms with Crippen molar-refractivity contribution in [2.24, 2.45) is 0 Å². The molecule has 138 valence electrons. The summed E-state index contributed by atoms with van der Waals surface area (Å²) >= 11 is 5.82. The van der Waals surface area contributed by atoms with Crippen LogP contribution in [0.25, 0.3) is 0 Å². The molecule has 7 nitrogen and oxygen atoms in total. The van der Waals surface area contributed by atoms with Gasteiger partial charge < -0.3 is 15.0 Å². The molecule has 2 aliphatic rings. The van der Waals surface area contributed by atoms with Gasteiger partial charge >= 0.3 is 0 Å². The molecule has 1 N–H and O–H groups in total. The zero-order valence-corrected chi connectivity index (χ0v) is 15.6. The Morgan fingerprint density at radius 1 is 1.20 bits per heavy atom. The van der Waals surface area contributed by atoms with Gasteiger partial charge in [-0.3, -0.25) is 4.79 Å². The molecular formula is C16H22ClN3O4S. The molecule has 0 unspecified atom stereocenters. The fraction of sp³-hybridized carbons (Fsp3) is 0.562. The summed E-state index contributed by atoms with van der Waals surface area (Å²) in [6, 6.07) is 5.75. The quantitative estimate of drug-likeness (QED) is 0.819. The summed E-state index contributed by atoms with van der Waals surface area (Å²) in [5.41, 5.74) is 0. The molecule has 0 spiro atoms. The molecule has 0 radical (unpaired) electrons. The Kier molecular flexibility index (Phi) is 5.65. The molecule has 2 fully saturated rings. The van der Waals surface area contributed by atoms with Crippen LogP contribution in [-0.2, 0) is 19.6 Å². The van der Waals surface area contributed by atoms with Crippen LogP contribution in [0.2, 0.25) is 5.02 Å². The topological polar surface area (TPSA) is 79.0 Å². The lowest BCUT2D eigenvalue weighted by atomic mass is 10.1. The fourth-order valence-electron chi connectivity index (χ4n) is 3.11. The lowest BCUT2D eigenvalue weighted by Crippen LogP contribution is -2.60. The van der Waals surface area contributed by atoms with Crippen LogP contribution in [0.5, 0.6) is 0 Å². The third-order valence-electron chi connectivity index (χ3n) is 4.58. The SMILES string of the molecule is C[C@H]1OCCN[C@@H]1C(=O)N1CCN(S(=O)(=O)c2ccc(Cl)cc2)CC1. The highest BCUT2D eigenvalue weighted by atomic mass is 35.5. The van der Waals surface area contributed by atoms with Crippen molar-refractivity contribution in [3.63, 3.8) is 0 Å². The lowest BCUT2D eigenvalue weighted by Gasteiger charge is -2.38. The number of morpholine rings is 1. The van der Waals surface area contributed by atoms with E-state index in [2.05, 4.69) is 5.32 Å². The first-order chi connectivity index (χ1) is 11.9. The maximum Gasteiger partial charge on any atom is 0.243 e. The number of carbonyl (C=O) groups excluding carboxylic acids is 1. The predicted molar refractivity (Wildman–Crippen MR) is 94.0 cm³/mol.